The number of thiazole rings is 1. The number of hydrogen-bond donors (Lipinski definition) is 1. The molecule has 8 nitrogen and oxygen atoms in total. The van der Waals surface area contributed by atoms with Crippen molar-refractivity contribution in [1.29, 1.82) is 0 Å². The Morgan fingerprint density at radius 3 is 2.79 bits per heavy atom. The lowest BCUT2D eigenvalue weighted by molar-refractivity contribution is -0.119. The summed E-state index contributed by atoms with van der Waals surface area (Å²) in [6.45, 7) is 3.58. The number of aromatic nitrogens is 5. The molecule has 0 aliphatic carbocycles. The van der Waals surface area contributed by atoms with E-state index in [1.54, 1.807) is 48.9 Å². The normalized spacial score (nSPS) is 11.9. The zero-order chi connectivity index (χ0) is 20.4. The Hall–Kier alpha value is -3.59. The van der Waals surface area contributed by atoms with Gasteiger partial charge in [-0.1, -0.05) is 12.1 Å². The summed E-state index contributed by atoms with van der Waals surface area (Å²) in [5, 5.41) is 14.2. The molecule has 1 unspecified atom stereocenters. The molecule has 0 bridgehead atoms. The van der Waals surface area contributed by atoms with Gasteiger partial charge < -0.3 is 5.32 Å². The second kappa shape index (κ2) is 7.80. The highest BCUT2D eigenvalue weighted by atomic mass is 32.1. The number of aryl methyl sites for hydroxylation is 1. The van der Waals surface area contributed by atoms with E-state index in [1.165, 1.54) is 10.7 Å². The summed E-state index contributed by atoms with van der Waals surface area (Å²) in [5.74, 6) is 0.110. The lowest BCUT2D eigenvalue weighted by Crippen LogP contribution is -2.33. The molecule has 4 aromatic rings. The SMILES string of the molecule is Cc1nc(-c2cccc(NC(=O)C(C)n3nc(-n4cccn4)ccc3=O)c2)cs1. The van der Waals surface area contributed by atoms with Crippen LogP contribution >= 0.6 is 11.3 Å². The van der Waals surface area contributed by atoms with E-state index in [0.717, 1.165) is 20.9 Å². The molecule has 0 saturated carbocycles. The van der Waals surface area contributed by atoms with Gasteiger partial charge >= 0.3 is 0 Å². The monoisotopic (exact) mass is 406 g/mol. The average molecular weight is 406 g/mol. The van der Waals surface area contributed by atoms with Crippen molar-refractivity contribution in [2.75, 3.05) is 5.32 Å². The molecule has 4 rings (SSSR count). The van der Waals surface area contributed by atoms with Gasteiger partial charge in [-0.15, -0.1) is 16.4 Å². The number of carbonyl (C=O) groups is 1. The van der Waals surface area contributed by atoms with E-state index in [-0.39, 0.29) is 11.5 Å². The largest absolute Gasteiger partial charge is 0.324 e. The topological polar surface area (TPSA) is 94.7 Å². The minimum absolute atomic E-state index is 0.344. The van der Waals surface area contributed by atoms with Crippen LogP contribution in [0.15, 0.2) is 65.0 Å². The van der Waals surface area contributed by atoms with Crippen LogP contribution in [0.2, 0.25) is 0 Å². The highest BCUT2D eigenvalue weighted by molar-refractivity contribution is 7.09. The van der Waals surface area contributed by atoms with Gasteiger partial charge in [0.2, 0.25) is 5.91 Å². The first-order valence-corrected chi connectivity index (χ1v) is 9.82. The number of nitrogens with zero attached hydrogens (tertiary/aromatic N) is 5. The molecule has 9 heteroatoms. The number of hydrogen-bond acceptors (Lipinski definition) is 6. The Labute approximate surface area is 170 Å². The molecule has 146 valence electrons. The van der Waals surface area contributed by atoms with Crippen molar-refractivity contribution in [3.63, 3.8) is 0 Å². The molecule has 1 atom stereocenters. The van der Waals surface area contributed by atoms with Crippen LogP contribution in [0.25, 0.3) is 17.1 Å². The Morgan fingerprint density at radius 1 is 1.21 bits per heavy atom. The third-order valence-electron chi connectivity index (χ3n) is 4.34. The molecule has 0 aliphatic rings. The maximum atomic E-state index is 12.8. The third-order valence-corrected chi connectivity index (χ3v) is 5.11. The van der Waals surface area contributed by atoms with Crippen molar-refractivity contribution in [1.82, 2.24) is 24.5 Å². The molecular weight excluding hydrogens is 388 g/mol. The fraction of sp³-hybridized carbons (Fsp3) is 0.150. The number of rotatable bonds is 5. The summed E-state index contributed by atoms with van der Waals surface area (Å²) in [7, 11) is 0. The molecule has 3 aromatic heterocycles. The first-order valence-electron chi connectivity index (χ1n) is 8.94. The van der Waals surface area contributed by atoms with Gasteiger partial charge in [0.05, 0.1) is 10.7 Å². The van der Waals surface area contributed by atoms with Crippen molar-refractivity contribution in [3.8, 4) is 17.1 Å². The summed E-state index contributed by atoms with van der Waals surface area (Å²) in [6, 6.07) is 11.3. The molecule has 1 N–H and O–H groups in total. The molecule has 3 heterocycles. The number of benzene rings is 1. The van der Waals surface area contributed by atoms with Crippen LogP contribution in [0.3, 0.4) is 0 Å². The van der Waals surface area contributed by atoms with E-state index in [9.17, 15) is 9.59 Å². The Morgan fingerprint density at radius 2 is 2.07 bits per heavy atom. The van der Waals surface area contributed by atoms with Crippen molar-refractivity contribution in [3.05, 3.63) is 75.6 Å². The van der Waals surface area contributed by atoms with Crippen molar-refractivity contribution >= 4 is 22.9 Å². The maximum absolute atomic E-state index is 12.8. The highest BCUT2D eigenvalue weighted by Gasteiger charge is 2.18. The van der Waals surface area contributed by atoms with Crippen molar-refractivity contribution in [2.24, 2.45) is 0 Å². The quantitative estimate of drug-likeness (QED) is 0.550. The predicted octanol–water partition coefficient (Wildman–Crippen LogP) is 3.06. The minimum atomic E-state index is -0.803. The number of nitrogens with one attached hydrogen (secondary N) is 1. The molecule has 0 saturated heterocycles. The first kappa shape index (κ1) is 18.8. The van der Waals surface area contributed by atoms with Gasteiger partial charge in [-0.3, -0.25) is 9.59 Å². The van der Waals surface area contributed by atoms with Gasteiger partial charge in [0, 0.05) is 35.1 Å². The lowest BCUT2D eigenvalue weighted by Gasteiger charge is -2.15. The van der Waals surface area contributed by atoms with Gasteiger partial charge in [-0.05, 0) is 38.1 Å². The minimum Gasteiger partial charge on any atom is -0.324 e. The smallest absolute Gasteiger partial charge is 0.267 e. The Bertz CT molecular complexity index is 1210. The summed E-state index contributed by atoms with van der Waals surface area (Å²) in [5.41, 5.74) is 2.04. The second-order valence-electron chi connectivity index (χ2n) is 6.42. The zero-order valence-corrected chi connectivity index (χ0v) is 16.6. The van der Waals surface area contributed by atoms with Crippen molar-refractivity contribution < 1.29 is 4.79 Å². The zero-order valence-electron chi connectivity index (χ0n) is 15.8. The van der Waals surface area contributed by atoms with E-state index in [0.29, 0.717) is 11.5 Å². The molecule has 0 radical (unpaired) electrons. The number of anilines is 1. The van der Waals surface area contributed by atoms with Crippen LogP contribution in [-0.4, -0.2) is 30.5 Å². The fourth-order valence-corrected chi connectivity index (χ4v) is 3.45. The molecule has 0 spiro atoms. The standard InChI is InChI=1S/C20H18N6O2S/c1-13(26-19(27)8-7-18(24-26)25-10-4-9-21-25)20(28)23-16-6-3-5-15(11-16)17-12-29-14(2)22-17/h3-13H,1-2H3,(H,23,28). The molecule has 0 fully saturated rings. The summed E-state index contributed by atoms with van der Waals surface area (Å²) in [6.07, 6.45) is 3.33. The third kappa shape index (κ3) is 3.99. The van der Waals surface area contributed by atoms with Crippen LogP contribution in [0.5, 0.6) is 0 Å². The fourth-order valence-electron chi connectivity index (χ4n) is 2.83. The Kier molecular flexibility index (Phi) is 5.05. The molecule has 1 amide bonds. The van der Waals surface area contributed by atoms with Gasteiger partial charge in [0.15, 0.2) is 5.82 Å². The van der Waals surface area contributed by atoms with Crippen LogP contribution in [0.1, 0.15) is 18.0 Å². The summed E-state index contributed by atoms with van der Waals surface area (Å²) in [4.78, 5) is 29.5. The van der Waals surface area contributed by atoms with Crippen LogP contribution < -0.4 is 10.9 Å². The molecule has 0 aliphatic heterocycles. The number of amides is 1. The van der Waals surface area contributed by atoms with Gasteiger partial charge in [-0.2, -0.15) is 5.10 Å². The van der Waals surface area contributed by atoms with Gasteiger partial charge in [-0.25, -0.2) is 14.3 Å². The van der Waals surface area contributed by atoms with E-state index in [2.05, 4.69) is 20.5 Å². The predicted molar refractivity (Wildman–Crippen MR) is 111 cm³/mol. The number of carbonyl (C=O) groups excluding carboxylic acids is 1. The van der Waals surface area contributed by atoms with Gasteiger partial charge in [0.25, 0.3) is 5.56 Å². The second-order valence-corrected chi connectivity index (χ2v) is 7.48. The van der Waals surface area contributed by atoms with Crippen LogP contribution in [0, 0.1) is 6.92 Å². The summed E-state index contributed by atoms with van der Waals surface area (Å²) < 4.78 is 2.68. The maximum Gasteiger partial charge on any atom is 0.267 e. The van der Waals surface area contributed by atoms with E-state index < -0.39 is 6.04 Å². The van der Waals surface area contributed by atoms with Crippen LogP contribution in [-0.2, 0) is 4.79 Å². The Balaban J connectivity index is 1.56. The van der Waals surface area contributed by atoms with Gasteiger partial charge in [0.1, 0.15) is 6.04 Å². The van der Waals surface area contributed by atoms with Crippen LogP contribution in [0.4, 0.5) is 5.69 Å². The molecular formula is C20H18N6O2S. The molecule has 1 aromatic carbocycles. The van der Waals surface area contributed by atoms with E-state index >= 15 is 0 Å². The summed E-state index contributed by atoms with van der Waals surface area (Å²) >= 11 is 1.57. The lowest BCUT2D eigenvalue weighted by atomic mass is 10.1. The molecule has 29 heavy (non-hydrogen) atoms. The van der Waals surface area contributed by atoms with Crippen molar-refractivity contribution in [2.45, 2.75) is 19.9 Å². The van der Waals surface area contributed by atoms with E-state index in [4.69, 9.17) is 0 Å². The first-order chi connectivity index (χ1) is 14.0. The highest BCUT2D eigenvalue weighted by Crippen LogP contribution is 2.24. The average Bonchev–Trinajstić information content (AvgIpc) is 3.40. The van der Waals surface area contributed by atoms with E-state index in [1.807, 2.05) is 30.5 Å².